The number of halogens is 1. The number of hydrogen-bond acceptors (Lipinski definition) is 2. The zero-order valence-corrected chi connectivity index (χ0v) is 13.0. The Balaban J connectivity index is 1.79. The van der Waals surface area contributed by atoms with Crippen LogP contribution < -0.4 is 5.32 Å². The summed E-state index contributed by atoms with van der Waals surface area (Å²) in [6.07, 6.45) is 2.20. The molecule has 0 saturated carbocycles. The van der Waals surface area contributed by atoms with Gasteiger partial charge in [-0.3, -0.25) is 4.79 Å². The van der Waals surface area contributed by atoms with E-state index in [9.17, 15) is 9.18 Å². The van der Waals surface area contributed by atoms with Crippen molar-refractivity contribution >= 4 is 5.91 Å². The fourth-order valence-corrected chi connectivity index (χ4v) is 2.67. The standard InChI is InChI=1S/C17H25FN2O/c1-14-6-8-15(9-7-14)4-3-5-16(21)20-11-10-19-12-17(2,18)13-20/h6-9,19H,3-5,10-13H2,1-2H3. The average Bonchev–Trinajstić information content (AvgIpc) is 2.62. The van der Waals surface area contributed by atoms with Crippen LogP contribution in [0.25, 0.3) is 0 Å². The summed E-state index contributed by atoms with van der Waals surface area (Å²) in [5.41, 5.74) is 1.17. The Hall–Kier alpha value is -1.42. The van der Waals surface area contributed by atoms with Gasteiger partial charge in [-0.2, -0.15) is 0 Å². The molecule has 0 radical (unpaired) electrons. The van der Waals surface area contributed by atoms with E-state index in [-0.39, 0.29) is 12.5 Å². The van der Waals surface area contributed by atoms with Crippen molar-refractivity contribution in [2.75, 3.05) is 26.2 Å². The Morgan fingerprint density at radius 1 is 1.38 bits per heavy atom. The second kappa shape index (κ2) is 7.03. The molecule has 1 fully saturated rings. The van der Waals surface area contributed by atoms with E-state index in [0.717, 1.165) is 12.8 Å². The lowest BCUT2D eigenvalue weighted by Crippen LogP contribution is -2.42. The molecule has 0 spiro atoms. The molecular formula is C17H25FN2O. The highest BCUT2D eigenvalue weighted by Gasteiger charge is 2.30. The molecule has 0 aliphatic carbocycles. The van der Waals surface area contributed by atoms with Crippen molar-refractivity contribution < 1.29 is 9.18 Å². The van der Waals surface area contributed by atoms with E-state index in [1.165, 1.54) is 11.1 Å². The summed E-state index contributed by atoms with van der Waals surface area (Å²) < 4.78 is 14.1. The molecule has 1 N–H and O–H groups in total. The van der Waals surface area contributed by atoms with Crippen LogP contribution in [-0.2, 0) is 11.2 Å². The van der Waals surface area contributed by atoms with Gasteiger partial charge in [-0.25, -0.2) is 4.39 Å². The Kier molecular flexibility index (Phi) is 5.34. The molecule has 1 atom stereocenters. The summed E-state index contributed by atoms with van der Waals surface area (Å²) in [6.45, 7) is 5.40. The molecule has 1 saturated heterocycles. The highest BCUT2D eigenvalue weighted by atomic mass is 19.1. The largest absolute Gasteiger partial charge is 0.338 e. The first-order valence-electron chi connectivity index (χ1n) is 7.69. The molecule has 21 heavy (non-hydrogen) atoms. The van der Waals surface area contributed by atoms with Crippen LogP contribution in [0, 0.1) is 6.92 Å². The van der Waals surface area contributed by atoms with Crippen molar-refractivity contribution in [1.82, 2.24) is 10.2 Å². The summed E-state index contributed by atoms with van der Waals surface area (Å²) >= 11 is 0. The number of carbonyl (C=O) groups excluding carboxylic acids is 1. The van der Waals surface area contributed by atoms with Gasteiger partial charge in [0.1, 0.15) is 5.67 Å². The molecule has 2 rings (SSSR count). The molecular weight excluding hydrogens is 267 g/mol. The van der Waals surface area contributed by atoms with Gasteiger partial charge in [0.15, 0.2) is 0 Å². The molecule has 3 nitrogen and oxygen atoms in total. The Morgan fingerprint density at radius 2 is 2.10 bits per heavy atom. The smallest absolute Gasteiger partial charge is 0.222 e. The number of alkyl halides is 1. The normalized spacial score (nSPS) is 22.9. The lowest BCUT2D eigenvalue weighted by molar-refractivity contribution is -0.132. The second-order valence-electron chi connectivity index (χ2n) is 6.24. The first-order chi connectivity index (χ1) is 9.96. The average molecular weight is 292 g/mol. The number of benzene rings is 1. The second-order valence-corrected chi connectivity index (χ2v) is 6.24. The maximum Gasteiger partial charge on any atom is 0.222 e. The summed E-state index contributed by atoms with van der Waals surface area (Å²) in [7, 11) is 0. The van der Waals surface area contributed by atoms with Crippen molar-refractivity contribution in [3.05, 3.63) is 35.4 Å². The van der Waals surface area contributed by atoms with E-state index in [1.807, 2.05) is 0 Å². The van der Waals surface area contributed by atoms with Crippen LogP contribution >= 0.6 is 0 Å². The fourth-order valence-electron chi connectivity index (χ4n) is 2.67. The summed E-state index contributed by atoms with van der Waals surface area (Å²) in [5, 5.41) is 3.04. The SMILES string of the molecule is Cc1ccc(CCCC(=O)N2CCNCC(C)(F)C2)cc1. The Bertz CT molecular complexity index is 470. The van der Waals surface area contributed by atoms with Gasteiger partial charge in [-0.1, -0.05) is 29.8 Å². The molecule has 1 unspecified atom stereocenters. The number of hydrogen-bond donors (Lipinski definition) is 1. The highest BCUT2D eigenvalue weighted by molar-refractivity contribution is 5.76. The van der Waals surface area contributed by atoms with Gasteiger partial charge in [0.2, 0.25) is 5.91 Å². The minimum absolute atomic E-state index is 0.0645. The predicted molar refractivity (Wildman–Crippen MR) is 83.1 cm³/mol. The molecule has 116 valence electrons. The van der Waals surface area contributed by atoms with Crippen LogP contribution in [0.4, 0.5) is 4.39 Å². The molecule has 1 aliphatic heterocycles. The molecule has 1 amide bonds. The van der Waals surface area contributed by atoms with E-state index >= 15 is 0 Å². The van der Waals surface area contributed by atoms with Crippen LogP contribution in [0.15, 0.2) is 24.3 Å². The predicted octanol–water partition coefficient (Wildman–Crippen LogP) is 2.48. The number of aryl methyl sites for hydroxylation is 2. The minimum Gasteiger partial charge on any atom is -0.338 e. The van der Waals surface area contributed by atoms with Gasteiger partial charge in [0, 0.05) is 26.1 Å². The monoisotopic (exact) mass is 292 g/mol. The first kappa shape index (κ1) is 16.0. The maximum atomic E-state index is 14.1. The van der Waals surface area contributed by atoms with E-state index in [0.29, 0.717) is 26.1 Å². The Labute approximate surface area is 126 Å². The van der Waals surface area contributed by atoms with Crippen molar-refractivity contribution in [2.45, 2.75) is 38.8 Å². The van der Waals surface area contributed by atoms with Crippen molar-refractivity contribution in [1.29, 1.82) is 0 Å². The fraction of sp³-hybridized carbons (Fsp3) is 0.588. The van der Waals surface area contributed by atoms with E-state index < -0.39 is 5.67 Å². The first-order valence-corrected chi connectivity index (χ1v) is 7.69. The lowest BCUT2D eigenvalue weighted by atomic mass is 10.1. The minimum atomic E-state index is -1.33. The molecule has 1 aliphatic rings. The number of nitrogens with zero attached hydrogens (tertiary/aromatic N) is 1. The van der Waals surface area contributed by atoms with Gasteiger partial charge in [-0.05, 0) is 32.3 Å². The van der Waals surface area contributed by atoms with Crippen molar-refractivity contribution in [3.63, 3.8) is 0 Å². The van der Waals surface area contributed by atoms with Crippen LogP contribution in [0.1, 0.15) is 30.9 Å². The third-order valence-electron chi connectivity index (χ3n) is 3.90. The molecule has 4 heteroatoms. The van der Waals surface area contributed by atoms with Crippen LogP contribution in [0.5, 0.6) is 0 Å². The molecule has 1 aromatic rings. The van der Waals surface area contributed by atoms with Gasteiger partial charge in [-0.15, -0.1) is 0 Å². The summed E-state index contributed by atoms with van der Waals surface area (Å²) in [4.78, 5) is 13.9. The van der Waals surface area contributed by atoms with Crippen LogP contribution in [0.2, 0.25) is 0 Å². The van der Waals surface area contributed by atoms with Crippen molar-refractivity contribution in [3.8, 4) is 0 Å². The topological polar surface area (TPSA) is 32.3 Å². The third-order valence-corrected chi connectivity index (χ3v) is 3.90. The highest BCUT2D eigenvalue weighted by Crippen LogP contribution is 2.15. The van der Waals surface area contributed by atoms with Gasteiger partial charge in [0.25, 0.3) is 0 Å². The molecule has 0 bridgehead atoms. The maximum absolute atomic E-state index is 14.1. The number of nitrogens with one attached hydrogen (secondary N) is 1. The summed E-state index contributed by atoms with van der Waals surface area (Å²) in [5.74, 6) is 0.0645. The van der Waals surface area contributed by atoms with E-state index in [1.54, 1.807) is 11.8 Å². The van der Waals surface area contributed by atoms with E-state index in [2.05, 4.69) is 36.5 Å². The van der Waals surface area contributed by atoms with Crippen LogP contribution in [-0.4, -0.2) is 42.7 Å². The quantitative estimate of drug-likeness (QED) is 0.924. The molecule has 1 heterocycles. The Morgan fingerprint density at radius 3 is 2.81 bits per heavy atom. The van der Waals surface area contributed by atoms with Gasteiger partial charge in [0.05, 0.1) is 6.54 Å². The van der Waals surface area contributed by atoms with Crippen LogP contribution in [0.3, 0.4) is 0 Å². The number of carbonyl (C=O) groups is 1. The summed E-state index contributed by atoms with van der Waals surface area (Å²) in [6, 6.07) is 8.39. The number of rotatable bonds is 4. The third kappa shape index (κ3) is 5.12. The molecule has 0 aromatic heterocycles. The molecule has 1 aromatic carbocycles. The van der Waals surface area contributed by atoms with Crippen molar-refractivity contribution in [2.24, 2.45) is 0 Å². The zero-order chi connectivity index (χ0) is 15.3. The van der Waals surface area contributed by atoms with E-state index in [4.69, 9.17) is 0 Å². The zero-order valence-electron chi connectivity index (χ0n) is 13.0. The number of amides is 1. The van der Waals surface area contributed by atoms with Gasteiger partial charge >= 0.3 is 0 Å². The van der Waals surface area contributed by atoms with Gasteiger partial charge < -0.3 is 10.2 Å². The lowest BCUT2D eigenvalue weighted by Gasteiger charge is -2.26.